The third-order valence-corrected chi connectivity index (χ3v) is 7.69. The second kappa shape index (κ2) is 11.9. The summed E-state index contributed by atoms with van der Waals surface area (Å²) < 4.78 is 16.7. The van der Waals surface area contributed by atoms with E-state index in [0.717, 1.165) is 43.7 Å². The predicted molar refractivity (Wildman–Crippen MR) is 146 cm³/mol. The van der Waals surface area contributed by atoms with Crippen molar-refractivity contribution in [3.05, 3.63) is 71.4 Å². The molecule has 0 bridgehead atoms. The molecule has 0 saturated carbocycles. The van der Waals surface area contributed by atoms with Gasteiger partial charge in [0.05, 0.1) is 6.04 Å². The average Bonchev–Trinajstić information content (AvgIpc) is 3.32. The number of cyclic esters (lactones) is 1. The van der Waals surface area contributed by atoms with E-state index in [0.29, 0.717) is 36.3 Å². The number of piperidine rings is 1. The van der Waals surface area contributed by atoms with Gasteiger partial charge in [0.15, 0.2) is 12.5 Å². The molecule has 0 spiro atoms. The zero-order chi connectivity index (χ0) is 27.4. The Morgan fingerprint density at radius 3 is 2.44 bits per heavy atom. The molecule has 3 aliphatic rings. The number of carboxylic acids is 1. The number of nitrogens with zero attached hydrogens (tertiary/aromatic N) is 3. The Morgan fingerprint density at radius 1 is 1.08 bits per heavy atom. The molecule has 206 valence electrons. The van der Waals surface area contributed by atoms with Crippen molar-refractivity contribution in [1.82, 2.24) is 9.80 Å². The highest BCUT2D eigenvalue weighted by atomic mass is 16.6. The van der Waals surface area contributed by atoms with Gasteiger partial charge < -0.3 is 19.3 Å². The van der Waals surface area contributed by atoms with Gasteiger partial charge >= 0.3 is 12.1 Å². The molecule has 5 rings (SSSR count). The van der Waals surface area contributed by atoms with Crippen LogP contribution in [0.5, 0.6) is 11.5 Å². The lowest BCUT2D eigenvalue weighted by molar-refractivity contribution is -0.139. The normalized spacial score (nSPS) is 22.5. The number of carbonyl (C=O) groups excluding carboxylic acids is 1. The lowest BCUT2D eigenvalue weighted by Crippen LogP contribution is -2.47. The van der Waals surface area contributed by atoms with Gasteiger partial charge in [0, 0.05) is 37.8 Å². The van der Waals surface area contributed by atoms with Crippen LogP contribution < -0.4 is 9.47 Å². The summed E-state index contributed by atoms with van der Waals surface area (Å²) in [5, 5.41) is 8.74. The van der Waals surface area contributed by atoms with Gasteiger partial charge in [-0.1, -0.05) is 37.3 Å². The third-order valence-electron chi connectivity index (χ3n) is 7.69. The van der Waals surface area contributed by atoms with Crippen LogP contribution in [-0.2, 0) is 9.53 Å². The van der Waals surface area contributed by atoms with Crippen molar-refractivity contribution in [3.8, 4) is 11.5 Å². The van der Waals surface area contributed by atoms with E-state index >= 15 is 0 Å². The van der Waals surface area contributed by atoms with E-state index in [1.165, 1.54) is 5.57 Å². The van der Waals surface area contributed by atoms with Crippen LogP contribution in [0.3, 0.4) is 0 Å². The molecule has 9 heteroatoms. The van der Waals surface area contributed by atoms with Gasteiger partial charge in [0.1, 0.15) is 18.1 Å². The van der Waals surface area contributed by atoms with Gasteiger partial charge in [-0.25, -0.2) is 14.6 Å². The van der Waals surface area contributed by atoms with Gasteiger partial charge in [0.2, 0.25) is 0 Å². The van der Waals surface area contributed by atoms with Crippen LogP contribution in [0.15, 0.2) is 70.9 Å². The Kier molecular flexibility index (Phi) is 8.16. The fourth-order valence-electron chi connectivity index (χ4n) is 5.63. The Morgan fingerprint density at radius 2 is 1.77 bits per heavy atom. The highest BCUT2D eigenvalue weighted by Crippen LogP contribution is 2.34. The summed E-state index contributed by atoms with van der Waals surface area (Å²) in [6.07, 6.45) is 2.34. The highest BCUT2D eigenvalue weighted by Gasteiger charge is 2.40. The second-order valence-corrected chi connectivity index (χ2v) is 10.4. The number of ether oxygens (including phenoxy) is 3. The summed E-state index contributed by atoms with van der Waals surface area (Å²) in [7, 11) is 0. The van der Waals surface area contributed by atoms with Crippen molar-refractivity contribution in [3.63, 3.8) is 0 Å². The van der Waals surface area contributed by atoms with E-state index < -0.39 is 5.97 Å². The molecule has 0 aliphatic carbocycles. The van der Waals surface area contributed by atoms with Crippen LogP contribution in [0.25, 0.3) is 0 Å². The Bertz CT molecular complexity index is 1240. The third kappa shape index (κ3) is 6.42. The molecular formula is C30H35N3O6. The molecule has 2 aromatic rings. The van der Waals surface area contributed by atoms with Crippen molar-refractivity contribution in [2.75, 3.05) is 32.8 Å². The van der Waals surface area contributed by atoms with Crippen LogP contribution >= 0.6 is 0 Å². The number of amides is 1. The molecule has 3 aliphatic heterocycles. The van der Waals surface area contributed by atoms with Crippen LogP contribution in [0.2, 0.25) is 0 Å². The van der Waals surface area contributed by atoms with E-state index in [2.05, 4.69) is 24.0 Å². The maximum absolute atomic E-state index is 12.6. The number of hydrogen-bond acceptors (Lipinski definition) is 7. The molecule has 2 fully saturated rings. The molecule has 1 unspecified atom stereocenters. The molecule has 39 heavy (non-hydrogen) atoms. The first kappa shape index (κ1) is 26.7. The smallest absolute Gasteiger partial charge is 0.410 e. The number of benzene rings is 2. The molecule has 1 amide bonds. The summed E-state index contributed by atoms with van der Waals surface area (Å²) in [6, 6.07) is 17.2. The predicted octanol–water partition coefficient (Wildman–Crippen LogP) is 4.90. The number of hydrogen-bond donors (Lipinski definition) is 1. The van der Waals surface area contributed by atoms with E-state index in [4.69, 9.17) is 24.3 Å². The van der Waals surface area contributed by atoms with E-state index in [9.17, 15) is 9.59 Å². The molecule has 0 radical (unpaired) electrons. The molecule has 2 saturated heterocycles. The van der Waals surface area contributed by atoms with Crippen molar-refractivity contribution in [1.29, 1.82) is 0 Å². The number of carbonyl (C=O) groups is 2. The lowest BCUT2D eigenvalue weighted by Gasteiger charge is -2.39. The fraction of sp³-hybridized carbons (Fsp3) is 0.433. The summed E-state index contributed by atoms with van der Waals surface area (Å²) in [5.74, 6) is 1.06. The van der Waals surface area contributed by atoms with Crippen LogP contribution in [0, 0.1) is 5.92 Å². The highest BCUT2D eigenvalue weighted by molar-refractivity contribution is 5.81. The molecule has 9 nitrogen and oxygen atoms in total. The first-order chi connectivity index (χ1) is 18.9. The van der Waals surface area contributed by atoms with Crippen LogP contribution in [-0.4, -0.2) is 71.8 Å². The van der Waals surface area contributed by atoms with Crippen molar-refractivity contribution in [2.45, 2.75) is 45.2 Å². The number of aliphatic imine (C=N–C) groups is 1. The summed E-state index contributed by atoms with van der Waals surface area (Å²) >= 11 is 0. The maximum Gasteiger partial charge on any atom is 0.410 e. The number of allylic oxidation sites excluding steroid dienone is 1. The average molecular weight is 534 g/mol. The minimum Gasteiger partial charge on any atom is -0.482 e. The van der Waals surface area contributed by atoms with E-state index in [1.54, 1.807) is 24.3 Å². The summed E-state index contributed by atoms with van der Waals surface area (Å²) in [4.78, 5) is 32.4. The number of likely N-dealkylation sites (tertiary alicyclic amines) is 1. The molecule has 2 aromatic carbocycles. The minimum absolute atomic E-state index is 0.0141. The number of aliphatic carboxylic acids is 1. The van der Waals surface area contributed by atoms with E-state index in [-0.39, 0.29) is 24.8 Å². The Balaban J connectivity index is 1.16. The fourth-order valence-corrected chi connectivity index (χ4v) is 5.63. The van der Waals surface area contributed by atoms with Gasteiger partial charge in [0.25, 0.3) is 0 Å². The van der Waals surface area contributed by atoms with Gasteiger partial charge in [-0.15, -0.1) is 0 Å². The first-order valence-corrected chi connectivity index (χ1v) is 13.5. The Labute approximate surface area is 228 Å². The number of rotatable bonds is 8. The molecule has 0 aromatic heterocycles. The Hall–Kier alpha value is -3.85. The van der Waals surface area contributed by atoms with E-state index in [1.807, 2.05) is 30.0 Å². The first-order valence-electron chi connectivity index (χ1n) is 13.5. The van der Waals surface area contributed by atoms with Gasteiger partial charge in [-0.3, -0.25) is 9.80 Å². The molecular weight excluding hydrogens is 498 g/mol. The van der Waals surface area contributed by atoms with Crippen LogP contribution in [0.4, 0.5) is 4.79 Å². The molecule has 2 atom stereocenters. The standard InChI is InChI=1S/C30H35N3O6/c1-20-16-28(39-25-10-8-24(9-11-25)37-19-29(34)35)31-21(2)26(20)17-32-14-12-23(13-15-32)33-27(18-38-30(33)36)22-6-4-3-5-7-22/h3-11,20,23,27H,12-19H2,1-2H3,(H,34,35)/t20?,27-/m0/s1. The second-order valence-electron chi connectivity index (χ2n) is 10.4. The van der Waals surface area contributed by atoms with Crippen molar-refractivity contribution in [2.24, 2.45) is 10.9 Å². The van der Waals surface area contributed by atoms with Gasteiger partial charge in [-0.05, 0) is 61.1 Å². The summed E-state index contributed by atoms with van der Waals surface area (Å²) in [5.41, 5.74) is 3.43. The zero-order valence-corrected chi connectivity index (χ0v) is 22.4. The quantitative estimate of drug-likeness (QED) is 0.515. The van der Waals surface area contributed by atoms with Gasteiger partial charge in [-0.2, -0.15) is 0 Å². The largest absolute Gasteiger partial charge is 0.482 e. The van der Waals surface area contributed by atoms with Crippen LogP contribution in [0.1, 0.15) is 44.7 Å². The zero-order valence-electron chi connectivity index (χ0n) is 22.4. The molecule has 3 heterocycles. The topological polar surface area (TPSA) is 101 Å². The summed E-state index contributed by atoms with van der Waals surface area (Å²) in [6.45, 7) is 6.97. The number of carboxylic acid groups (broad SMARTS) is 1. The lowest BCUT2D eigenvalue weighted by atomic mass is 9.92. The molecule has 1 N–H and O–H groups in total. The van der Waals surface area contributed by atoms with Crippen molar-refractivity contribution < 1.29 is 28.9 Å². The van der Waals surface area contributed by atoms with Crippen molar-refractivity contribution >= 4 is 18.0 Å². The monoisotopic (exact) mass is 533 g/mol. The maximum atomic E-state index is 12.6. The minimum atomic E-state index is -1.02. The SMILES string of the molecule is CC1=C(CN2CCC(N3C(=O)OC[C@H]3c3ccccc3)CC2)C(C)CC(Oc2ccc(OCC(=O)O)cc2)=N1.